The number of hydrogen-bond donors (Lipinski definition) is 4. The Morgan fingerprint density at radius 3 is 2.61 bits per heavy atom. The molecular formula is C27H39FN6O2. The van der Waals surface area contributed by atoms with Gasteiger partial charge < -0.3 is 31.2 Å². The summed E-state index contributed by atoms with van der Waals surface area (Å²) in [6.45, 7) is 3.81. The minimum Gasteiger partial charge on any atom is -0.381 e. The summed E-state index contributed by atoms with van der Waals surface area (Å²) >= 11 is 0. The molecule has 1 aliphatic carbocycles. The third kappa shape index (κ3) is 6.70. The maximum Gasteiger partial charge on any atom is 0.151 e. The number of nitrogens with zero attached hydrogens (tertiary/aromatic N) is 2. The van der Waals surface area contributed by atoms with Crippen molar-refractivity contribution in [2.24, 2.45) is 5.73 Å². The fourth-order valence-electron chi connectivity index (χ4n) is 5.37. The lowest BCUT2D eigenvalue weighted by molar-refractivity contribution is 0.0574. The normalized spacial score (nSPS) is 26.0. The lowest BCUT2D eigenvalue weighted by Crippen LogP contribution is -2.50. The van der Waals surface area contributed by atoms with Crippen LogP contribution >= 0.6 is 0 Å². The van der Waals surface area contributed by atoms with Gasteiger partial charge in [0.25, 0.3) is 0 Å². The summed E-state index contributed by atoms with van der Waals surface area (Å²) in [7, 11) is 0. The molecule has 0 spiro atoms. The zero-order valence-corrected chi connectivity index (χ0v) is 21.0. The molecule has 3 fully saturated rings. The maximum atomic E-state index is 14.8. The minimum atomic E-state index is -0.382. The molecule has 36 heavy (non-hydrogen) atoms. The summed E-state index contributed by atoms with van der Waals surface area (Å²) in [5, 5.41) is 10.5. The first-order chi connectivity index (χ1) is 17.6. The third-order valence-corrected chi connectivity index (χ3v) is 7.73. The van der Waals surface area contributed by atoms with E-state index in [9.17, 15) is 4.39 Å². The largest absolute Gasteiger partial charge is 0.381 e. The molecule has 0 amide bonds. The summed E-state index contributed by atoms with van der Waals surface area (Å²) in [6, 6.07) is 8.23. The first-order valence-corrected chi connectivity index (χ1v) is 13.4. The molecule has 5 N–H and O–H groups in total. The molecule has 2 aliphatic heterocycles. The van der Waals surface area contributed by atoms with E-state index in [4.69, 9.17) is 15.2 Å². The number of nitrogens with two attached hydrogens (primary N) is 1. The summed E-state index contributed by atoms with van der Waals surface area (Å²) in [6.07, 6.45) is 9.96. The van der Waals surface area contributed by atoms with Gasteiger partial charge in [-0.15, -0.1) is 0 Å². The van der Waals surface area contributed by atoms with Crippen LogP contribution in [-0.4, -0.2) is 66.6 Å². The van der Waals surface area contributed by atoms with Gasteiger partial charge in [-0.3, -0.25) is 0 Å². The second-order valence-electron chi connectivity index (χ2n) is 10.5. The second-order valence-corrected chi connectivity index (χ2v) is 10.5. The predicted octanol–water partition coefficient (Wildman–Crippen LogP) is 3.69. The molecule has 5 rings (SSSR count). The Hall–Kier alpha value is -2.33. The number of pyridine rings is 2. The zero-order chi connectivity index (χ0) is 24.8. The van der Waals surface area contributed by atoms with Crippen LogP contribution in [0.1, 0.15) is 51.4 Å². The summed E-state index contributed by atoms with van der Waals surface area (Å²) in [4.78, 5) is 8.96. The highest BCUT2D eigenvalue weighted by molar-refractivity contribution is 5.65. The van der Waals surface area contributed by atoms with E-state index in [1.807, 2.05) is 18.2 Å². The number of aromatic nitrogens is 2. The van der Waals surface area contributed by atoms with E-state index in [1.54, 1.807) is 6.07 Å². The fraction of sp³-hybridized carbons (Fsp3) is 0.630. The molecule has 2 aromatic heterocycles. The van der Waals surface area contributed by atoms with Crippen LogP contribution in [0.5, 0.6) is 0 Å². The van der Waals surface area contributed by atoms with Gasteiger partial charge in [-0.05, 0) is 69.6 Å². The molecular weight excluding hydrogens is 459 g/mol. The molecule has 0 radical (unpaired) electrons. The molecule has 9 heteroatoms. The van der Waals surface area contributed by atoms with Crippen LogP contribution in [0.2, 0.25) is 0 Å². The number of anilines is 2. The quantitative estimate of drug-likeness (QED) is 0.415. The van der Waals surface area contributed by atoms with Crippen molar-refractivity contribution < 1.29 is 13.9 Å². The van der Waals surface area contributed by atoms with Crippen LogP contribution in [0.4, 0.5) is 16.0 Å². The average Bonchev–Trinajstić information content (AvgIpc) is 3.43. The van der Waals surface area contributed by atoms with Crippen LogP contribution in [-0.2, 0) is 9.47 Å². The molecule has 8 nitrogen and oxygen atoms in total. The first-order valence-electron chi connectivity index (χ1n) is 13.4. The van der Waals surface area contributed by atoms with Crippen molar-refractivity contribution in [3.8, 4) is 11.3 Å². The van der Waals surface area contributed by atoms with Gasteiger partial charge in [0.1, 0.15) is 11.6 Å². The lowest BCUT2D eigenvalue weighted by Gasteiger charge is -2.33. The Balaban J connectivity index is 1.16. The molecule has 1 saturated carbocycles. The van der Waals surface area contributed by atoms with Crippen molar-refractivity contribution in [2.75, 3.05) is 43.5 Å². The van der Waals surface area contributed by atoms with Crippen LogP contribution in [0.15, 0.2) is 30.5 Å². The number of halogens is 1. The summed E-state index contributed by atoms with van der Waals surface area (Å²) in [5.41, 5.74) is 7.19. The van der Waals surface area contributed by atoms with Crippen molar-refractivity contribution in [2.45, 2.75) is 75.1 Å². The Labute approximate surface area is 212 Å². The van der Waals surface area contributed by atoms with E-state index in [0.717, 1.165) is 51.7 Å². The van der Waals surface area contributed by atoms with Gasteiger partial charge in [0.05, 0.1) is 18.0 Å². The molecule has 3 aliphatic rings. The highest BCUT2D eigenvalue weighted by Gasteiger charge is 2.28. The molecule has 0 aromatic carbocycles. The molecule has 1 atom stereocenters. The highest BCUT2D eigenvalue weighted by Crippen LogP contribution is 2.27. The van der Waals surface area contributed by atoms with Crippen LogP contribution in [0.3, 0.4) is 0 Å². The van der Waals surface area contributed by atoms with E-state index in [-0.39, 0.29) is 11.4 Å². The van der Waals surface area contributed by atoms with Gasteiger partial charge in [0.2, 0.25) is 0 Å². The fourth-order valence-corrected chi connectivity index (χ4v) is 5.37. The monoisotopic (exact) mass is 498 g/mol. The first kappa shape index (κ1) is 25.3. The minimum absolute atomic E-state index is 0.312. The standard InChI is InChI=1S/C27H39FN6O2/c28-23-17-31-26(33-20-8-6-19(7-9-20)30-16-21-3-2-12-36-21)15-22(23)24-4-1-5-25(34-24)32-18-27(29)10-13-35-14-11-27/h1,4-5,15,17,19-21,30H,2-3,6-14,16,18,29H2,(H,31,33)(H,32,34)/t19-,20-,21-/m1/s1. The average molecular weight is 499 g/mol. The van der Waals surface area contributed by atoms with E-state index in [2.05, 4.69) is 25.9 Å². The Kier molecular flexibility index (Phi) is 8.31. The topological polar surface area (TPSA) is 106 Å². The summed E-state index contributed by atoms with van der Waals surface area (Å²) in [5.74, 6) is 0.987. The maximum absolute atomic E-state index is 14.8. The number of ether oxygens (including phenoxy) is 2. The van der Waals surface area contributed by atoms with Gasteiger partial charge in [-0.1, -0.05) is 6.07 Å². The van der Waals surface area contributed by atoms with Crippen LogP contribution in [0, 0.1) is 5.82 Å². The Morgan fingerprint density at radius 2 is 1.83 bits per heavy atom. The van der Waals surface area contributed by atoms with Crippen LogP contribution < -0.4 is 21.7 Å². The van der Waals surface area contributed by atoms with Gasteiger partial charge in [-0.2, -0.15) is 0 Å². The number of nitrogens with one attached hydrogen (secondary N) is 3. The molecule has 196 valence electrons. The Morgan fingerprint density at radius 1 is 1.03 bits per heavy atom. The predicted molar refractivity (Wildman–Crippen MR) is 140 cm³/mol. The number of rotatable bonds is 9. The van der Waals surface area contributed by atoms with Gasteiger partial charge in [0, 0.05) is 56.1 Å². The molecule has 0 bridgehead atoms. The summed E-state index contributed by atoms with van der Waals surface area (Å²) < 4.78 is 25.9. The van der Waals surface area contributed by atoms with E-state index < -0.39 is 0 Å². The van der Waals surface area contributed by atoms with Crippen molar-refractivity contribution >= 4 is 11.6 Å². The Bertz CT molecular complexity index is 988. The van der Waals surface area contributed by atoms with Crippen molar-refractivity contribution in [3.63, 3.8) is 0 Å². The van der Waals surface area contributed by atoms with Gasteiger partial charge in [0.15, 0.2) is 5.82 Å². The SMILES string of the molecule is NC1(CNc2cccc(-c3cc(N[C@H]4CC[C@H](NC[C@H]5CCCO5)CC4)ncc3F)n2)CCOCC1. The molecule has 2 aromatic rings. The zero-order valence-electron chi connectivity index (χ0n) is 21.0. The van der Waals surface area contributed by atoms with Crippen molar-refractivity contribution in [1.82, 2.24) is 15.3 Å². The van der Waals surface area contributed by atoms with E-state index in [1.165, 1.54) is 19.0 Å². The van der Waals surface area contributed by atoms with Gasteiger partial charge in [-0.25, -0.2) is 14.4 Å². The molecule has 4 heterocycles. The highest BCUT2D eigenvalue weighted by atomic mass is 19.1. The smallest absolute Gasteiger partial charge is 0.151 e. The van der Waals surface area contributed by atoms with Gasteiger partial charge >= 0.3 is 0 Å². The second kappa shape index (κ2) is 11.8. The van der Waals surface area contributed by atoms with Crippen LogP contribution in [0.25, 0.3) is 11.3 Å². The van der Waals surface area contributed by atoms with Crippen molar-refractivity contribution in [3.05, 3.63) is 36.3 Å². The van der Waals surface area contributed by atoms with E-state index in [0.29, 0.717) is 60.8 Å². The van der Waals surface area contributed by atoms with E-state index >= 15 is 0 Å². The third-order valence-electron chi connectivity index (χ3n) is 7.73. The number of hydrogen-bond acceptors (Lipinski definition) is 8. The van der Waals surface area contributed by atoms with Crippen molar-refractivity contribution in [1.29, 1.82) is 0 Å². The lowest BCUT2D eigenvalue weighted by atomic mass is 9.91. The molecule has 0 unspecified atom stereocenters. The molecule has 2 saturated heterocycles.